The average Bonchev–Trinajstić information content (AvgIpc) is 3.30. The number of rotatable bonds is 8. The van der Waals surface area contributed by atoms with E-state index in [9.17, 15) is 14.4 Å². The van der Waals surface area contributed by atoms with Gasteiger partial charge in [-0.1, -0.05) is 26.8 Å². The summed E-state index contributed by atoms with van der Waals surface area (Å²) in [6.07, 6.45) is 2.09. The van der Waals surface area contributed by atoms with Gasteiger partial charge in [-0.2, -0.15) is 0 Å². The highest BCUT2D eigenvalue weighted by Gasteiger charge is 2.21. The molecule has 8 heteroatoms. The Morgan fingerprint density at radius 2 is 1.70 bits per heavy atom. The second kappa shape index (κ2) is 11.0. The predicted molar refractivity (Wildman–Crippen MR) is 129 cm³/mol. The largest absolute Gasteiger partial charge is 0.376 e. The zero-order valence-electron chi connectivity index (χ0n) is 19.4. The lowest BCUT2D eigenvalue weighted by atomic mass is 9.95. The van der Waals surface area contributed by atoms with E-state index in [1.165, 1.54) is 0 Å². The van der Waals surface area contributed by atoms with Crippen molar-refractivity contribution in [3.63, 3.8) is 0 Å². The molecule has 8 nitrogen and oxygen atoms in total. The number of nitrogens with one attached hydrogen (secondary N) is 4. The van der Waals surface area contributed by atoms with Gasteiger partial charge in [0.1, 0.15) is 0 Å². The van der Waals surface area contributed by atoms with Crippen LogP contribution in [0.25, 0.3) is 0 Å². The van der Waals surface area contributed by atoms with Gasteiger partial charge in [-0.25, -0.2) is 0 Å². The van der Waals surface area contributed by atoms with Crippen LogP contribution in [0.15, 0.2) is 48.5 Å². The molecule has 1 fully saturated rings. The second-order valence-electron chi connectivity index (χ2n) is 9.11. The Kier molecular flexibility index (Phi) is 8.06. The smallest absolute Gasteiger partial charge is 0.251 e. The molecule has 1 heterocycles. The van der Waals surface area contributed by atoms with E-state index in [4.69, 9.17) is 4.74 Å². The number of ether oxygens (including phenoxy) is 1. The molecule has 2 aromatic carbocycles. The highest BCUT2D eigenvalue weighted by Crippen LogP contribution is 2.20. The molecule has 3 rings (SSSR count). The molecule has 3 amide bonds. The molecule has 0 saturated carbocycles. The monoisotopic (exact) mass is 452 g/mol. The van der Waals surface area contributed by atoms with E-state index in [1.807, 2.05) is 26.8 Å². The summed E-state index contributed by atoms with van der Waals surface area (Å²) >= 11 is 0. The molecule has 1 unspecified atom stereocenters. The number of benzene rings is 2. The Hall–Kier alpha value is -3.39. The molecule has 0 bridgehead atoms. The lowest BCUT2D eigenvalue weighted by Crippen LogP contribution is -2.31. The Balaban J connectivity index is 1.45. The van der Waals surface area contributed by atoms with Crippen LogP contribution in [0.3, 0.4) is 0 Å². The molecule has 4 N–H and O–H groups in total. The third-order valence-electron chi connectivity index (χ3n) is 5.20. The van der Waals surface area contributed by atoms with Crippen LogP contribution in [0.4, 0.5) is 17.1 Å². The van der Waals surface area contributed by atoms with Crippen molar-refractivity contribution in [2.45, 2.75) is 39.7 Å². The molecule has 1 aliphatic heterocycles. The van der Waals surface area contributed by atoms with Crippen LogP contribution in [-0.2, 0) is 14.3 Å². The van der Waals surface area contributed by atoms with Crippen molar-refractivity contribution in [3.8, 4) is 0 Å². The van der Waals surface area contributed by atoms with Gasteiger partial charge in [0.05, 0.1) is 12.6 Å². The number of amides is 3. The maximum Gasteiger partial charge on any atom is 0.251 e. The van der Waals surface area contributed by atoms with E-state index in [2.05, 4.69) is 21.3 Å². The molecule has 0 aliphatic carbocycles. The molecule has 0 aromatic heterocycles. The van der Waals surface area contributed by atoms with Gasteiger partial charge in [-0.3, -0.25) is 14.4 Å². The topological polar surface area (TPSA) is 109 Å². The molecule has 1 atom stereocenters. The van der Waals surface area contributed by atoms with E-state index in [-0.39, 0.29) is 30.4 Å². The highest BCUT2D eigenvalue weighted by molar-refractivity contribution is 5.97. The molecule has 33 heavy (non-hydrogen) atoms. The third kappa shape index (κ3) is 7.61. The minimum absolute atomic E-state index is 0.0558. The number of carbonyl (C=O) groups is 3. The van der Waals surface area contributed by atoms with Gasteiger partial charge in [0.2, 0.25) is 11.8 Å². The maximum atomic E-state index is 12.3. The fourth-order valence-corrected chi connectivity index (χ4v) is 3.23. The minimum Gasteiger partial charge on any atom is -0.376 e. The van der Waals surface area contributed by atoms with Crippen molar-refractivity contribution in [2.75, 3.05) is 35.6 Å². The molecular formula is C25H32N4O4. The Morgan fingerprint density at radius 3 is 2.36 bits per heavy atom. The summed E-state index contributed by atoms with van der Waals surface area (Å²) in [5.41, 5.74) is 2.01. The van der Waals surface area contributed by atoms with Gasteiger partial charge >= 0.3 is 0 Å². The summed E-state index contributed by atoms with van der Waals surface area (Å²) in [5.74, 6) is -0.473. The molecular weight excluding hydrogens is 420 g/mol. The summed E-state index contributed by atoms with van der Waals surface area (Å²) in [5, 5.41) is 11.6. The molecule has 0 spiro atoms. The Labute approximate surface area is 194 Å². The van der Waals surface area contributed by atoms with Gasteiger partial charge in [0.15, 0.2) is 0 Å². The van der Waals surface area contributed by atoms with Crippen LogP contribution in [-0.4, -0.2) is 43.5 Å². The van der Waals surface area contributed by atoms with Gasteiger partial charge < -0.3 is 26.0 Å². The summed E-state index contributed by atoms with van der Waals surface area (Å²) in [7, 11) is 0. The second-order valence-corrected chi connectivity index (χ2v) is 9.11. The Morgan fingerprint density at radius 1 is 0.970 bits per heavy atom. The average molecular weight is 453 g/mol. The van der Waals surface area contributed by atoms with E-state index in [0.29, 0.717) is 23.5 Å². The van der Waals surface area contributed by atoms with Crippen molar-refractivity contribution in [2.24, 2.45) is 5.41 Å². The number of hydrogen-bond acceptors (Lipinski definition) is 5. The van der Waals surface area contributed by atoms with Crippen LogP contribution < -0.4 is 21.3 Å². The predicted octanol–water partition coefficient (Wildman–Crippen LogP) is 3.63. The van der Waals surface area contributed by atoms with Gasteiger partial charge in [-0.05, 0) is 55.3 Å². The van der Waals surface area contributed by atoms with Crippen molar-refractivity contribution in [3.05, 3.63) is 54.1 Å². The zero-order valence-corrected chi connectivity index (χ0v) is 19.4. The number of carbonyl (C=O) groups excluding carboxylic acids is 3. The number of anilines is 3. The molecule has 176 valence electrons. The quantitative estimate of drug-likeness (QED) is 0.489. The fraction of sp³-hybridized carbons (Fsp3) is 0.400. The van der Waals surface area contributed by atoms with Crippen molar-refractivity contribution in [1.29, 1.82) is 0 Å². The van der Waals surface area contributed by atoms with E-state index < -0.39 is 5.41 Å². The first-order chi connectivity index (χ1) is 15.7. The molecule has 0 radical (unpaired) electrons. The van der Waals surface area contributed by atoms with E-state index in [1.54, 1.807) is 42.5 Å². The lowest BCUT2D eigenvalue weighted by molar-refractivity contribution is -0.123. The minimum atomic E-state index is -0.496. The third-order valence-corrected chi connectivity index (χ3v) is 5.20. The first-order valence-electron chi connectivity index (χ1n) is 11.2. The van der Waals surface area contributed by atoms with Crippen molar-refractivity contribution >= 4 is 34.8 Å². The van der Waals surface area contributed by atoms with Gasteiger partial charge in [-0.15, -0.1) is 0 Å². The fourth-order valence-electron chi connectivity index (χ4n) is 3.23. The van der Waals surface area contributed by atoms with Crippen LogP contribution in [0, 0.1) is 5.41 Å². The van der Waals surface area contributed by atoms with Crippen LogP contribution >= 0.6 is 0 Å². The zero-order chi connectivity index (χ0) is 23.8. The van der Waals surface area contributed by atoms with Crippen LogP contribution in [0.1, 0.15) is 44.0 Å². The van der Waals surface area contributed by atoms with Crippen molar-refractivity contribution in [1.82, 2.24) is 5.32 Å². The first-order valence-corrected chi connectivity index (χ1v) is 11.2. The van der Waals surface area contributed by atoms with E-state index >= 15 is 0 Å². The summed E-state index contributed by atoms with van der Waals surface area (Å²) < 4.78 is 5.51. The lowest BCUT2D eigenvalue weighted by Gasteiger charge is -2.18. The highest BCUT2D eigenvalue weighted by atomic mass is 16.5. The first kappa shape index (κ1) is 24.3. The molecule has 2 aromatic rings. The Bertz CT molecular complexity index is 977. The van der Waals surface area contributed by atoms with E-state index in [0.717, 1.165) is 25.1 Å². The number of hydrogen-bond donors (Lipinski definition) is 4. The van der Waals surface area contributed by atoms with Crippen LogP contribution in [0.2, 0.25) is 0 Å². The van der Waals surface area contributed by atoms with Crippen molar-refractivity contribution < 1.29 is 19.1 Å². The standard InChI is InChI=1S/C25H32N4O4/c1-25(2,3)24(32)29-20-7-4-6-19(14-20)26-16-22(30)28-18-11-9-17(10-12-18)23(31)27-15-21-8-5-13-33-21/h4,6-7,9-12,14,21,26H,5,8,13,15-16H2,1-3H3,(H,27,31)(H,28,30)(H,29,32). The molecule has 1 aliphatic rings. The summed E-state index contributed by atoms with van der Waals surface area (Å²) in [6.45, 7) is 6.85. The van der Waals surface area contributed by atoms with Crippen LogP contribution in [0.5, 0.6) is 0 Å². The maximum absolute atomic E-state index is 12.3. The van der Waals surface area contributed by atoms with Gasteiger partial charge in [0, 0.05) is 41.2 Å². The van der Waals surface area contributed by atoms with Gasteiger partial charge in [0.25, 0.3) is 5.91 Å². The normalized spacial score (nSPS) is 15.5. The summed E-state index contributed by atoms with van der Waals surface area (Å²) in [6, 6.07) is 14.0. The molecule has 1 saturated heterocycles. The summed E-state index contributed by atoms with van der Waals surface area (Å²) in [4.78, 5) is 36.7. The SMILES string of the molecule is CC(C)(C)C(=O)Nc1cccc(NCC(=O)Nc2ccc(C(=O)NCC3CCCO3)cc2)c1.